The molecule has 0 spiro atoms. The lowest BCUT2D eigenvalue weighted by Gasteiger charge is -2.31. The van der Waals surface area contributed by atoms with E-state index in [0.29, 0.717) is 12.2 Å². The minimum Gasteiger partial charge on any atom is -0.366 e. The van der Waals surface area contributed by atoms with Gasteiger partial charge in [-0.3, -0.25) is 9.59 Å². The third-order valence-electron chi connectivity index (χ3n) is 6.61. The second-order valence-electron chi connectivity index (χ2n) is 10.00. The van der Waals surface area contributed by atoms with Crippen molar-refractivity contribution in [3.05, 3.63) is 78.8 Å². The summed E-state index contributed by atoms with van der Waals surface area (Å²) in [6, 6.07) is 18.1. The van der Waals surface area contributed by atoms with E-state index in [4.69, 9.17) is 5.73 Å². The summed E-state index contributed by atoms with van der Waals surface area (Å²) < 4.78 is 1.74. The standard InChI is InChI=1S/C28H34N6O3/c1-28(2,29)27(37)31-22(16-20-10-5-3-6-11-20)26(36)32-25-17-33(19-30-25)24(18-35)23-14-9-15-34(23)21-12-7-4-8-13-21/h3-8,10-13,17-19,22-24H,9,14-16,29H2,1-2H3,(H,31,37)(H,32,36)/t22-,23?,24?/m1/s1. The van der Waals surface area contributed by atoms with Crippen molar-refractivity contribution < 1.29 is 14.4 Å². The van der Waals surface area contributed by atoms with Gasteiger partial charge in [-0.25, -0.2) is 4.98 Å². The van der Waals surface area contributed by atoms with Crippen molar-refractivity contribution in [2.45, 2.75) is 56.8 Å². The number of imidazole rings is 1. The summed E-state index contributed by atoms with van der Waals surface area (Å²) in [4.78, 5) is 44.6. The largest absolute Gasteiger partial charge is 0.366 e. The maximum atomic E-state index is 13.2. The van der Waals surface area contributed by atoms with Gasteiger partial charge in [0.1, 0.15) is 18.4 Å². The average Bonchev–Trinajstić information content (AvgIpc) is 3.55. The van der Waals surface area contributed by atoms with Crippen molar-refractivity contribution in [2.24, 2.45) is 5.73 Å². The van der Waals surface area contributed by atoms with Gasteiger partial charge in [-0.2, -0.15) is 0 Å². The Kier molecular flexibility index (Phi) is 8.03. The van der Waals surface area contributed by atoms with E-state index in [0.717, 1.165) is 36.9 Å². The van der Waals surface area contributed by atoms with Gasteiger partial charge in [0, 0.05) is 24.8 Å². The van der Waals surface area contributed by atoms with Gasteiger partial charge in [0.2, 0.25) is 11.8 Å². The zero-order valence-electron chi connectivity index (χ0n) is 21.2. The van der Waals surface area contributed by atoms with Crippen LogP contribution in [0.1, 0.15) is 38.3 Å². The van der Waals surface area contributed by atoms with Crippen molar-refractivity contribution in [2.75, 3.05) is 16.8 Å². The number of carbonyl (C=O) groups is 3. The molecule has 37 heavy (non-hydrogen) atoms. The molecule has 194 valence electrons. The van der Waals surface area contributed by atoms with Gasteiger partial charge >= 0.3 is 0 Å². The Bertz CT molecular complexity index is 1210. The first-order valence-corrected chi connectivity index (χ1v) is 12.5. The molecular formula is C28H34N6O3. The topological polar surface area (TPSA) is 122 Å². The lowest BCUT2D eigenvalue weighted by Crippen LogP contribution is -2.55. The molecule has 0 bridgehead atoms. The van der Waals surface area contributed by atoms with Crippen molar-refractivity contribution in [3.63, 3.8) is 0 Å². The first-order valence-electron chi connectivity index (χ1n) is 12.5. The molecule has 0 radical (unpaired) electrons. The molecule has 2 amide bonds. The first kappa shape index (κ1) is 26.1. The zero-order valence-corrected chi connectivity index (χ0v) is 21.2. The number of nitrogens with one attached hydrogen (secondary N) is 2. The van der Waals surface area contributed by atoms with Crippen LogP contribution in [0.4, 0.5) is 11.5 Å². The molecule has 3 aromatic rings. The van der Waals surface area contributed by atoms with Crippen LogP contribution >= 0.6 is 0 Å². The molecule has 1 fully saturated rings. The summed E-state index contributed by atoms with van der Waals surface area (Å²) in [5.74, 6) is -0.543. The van der Waals surface area contributed by atoms with Gasteiger partial charge in [-0.05, 0) is 44.4 Å². The van der Waals surface area contributed by atoms with E-state index in [1.54, 1.807) is 30.9 Å². The highest BCUT2D eigenvalue weighted by Crippen LogP contribution is 2.31. The Hall–Kier alpha value is -3.98. The van der Waals surface area contributed by atoms with Crippen LogP contribution in [0.15, 0.2) is 73.2 Å². The Morgan fingerprint density at radius 2 is 1.81 bits per heavy atom. The van der Waals surface area contributed by atoms with Crippen molar-refractivity contribution in [1.82, 2.24) is 14.9 Å². The minimum atomic E-state index is -1.14. The van der Waals surface area contributed by atoms with Gasteiger partial charge in [-0.1, -0.05) is 48.5 Å². The van der Waals surface area contributed by atoms with E-state index in [9.17, 15) is 14.4 Å². The highest BCUT2D eigenvalue weighted by Gasteiger charge is 2.33. The summed E-state index contributed by atoms with van der Waals surface area (Å²) in [5, 5.41) is 5.56. The number of nitrogens with two attached hydrogens (primary N) is 1. The number of anilines is 2. The van der Waals surface area contributed by atoms with E-state index >= 15 is 0 Å². The van der Waals surface area contributed by atoms with Gasteiger partial charge in [0.15, 0.2) is 5.82 Å². The Morgan fingerprint density at radius 3 is 2.46 bits per heavy atom. The molecule has 0 aliphatic carbocycles. The highest BCUT2D eigenvalue weighted by atomic mass is 16.2. The number of carbonyl (C=O) groups excluding carboxylic acids is 3. The van der Waals surface area contributed by atoms with E-state index in [1.165, 1.54) is 0 Å². The van der Waals surface area contributed by atoms with Crippen LogP contribution in [0.5, 0.6) is 0 Å². The molecule has 3 atom stereocenters. The van der Waals surface area contributed by atoms with Crippen LogP contribution in [0.25, 0.3) is 0 Å². The summed E-state index contributed by atoms with van der Waals surface area (Å²) in [6.45, 7) is 4.04. The third-order valence-corrected chi connectivity index (χ3v) is 6.61. The summed E-state index contributed by atoms with van der Waals surface area (Å²) >= 11 is 0. The predicted molar refractivity (Wildman–Crippen MR) is 143 cm³/mol. The van der Waals surface area contributed by atoms with E-state index in [-0.39, 0.29) is 6.04 Å². The second kappa shape index (κ2) is 11.4. The number of aromatic nitrogens is 2. The van der Waals surface area contributed by atoms with E-state index in [1.807, 2.05) is 60.7 Å². The molecule has 9 nitrogen and oxygen atoms in total. The molecule has 1 aliphatic heterocycles. The zero-order chi connectivity index (χ0) is 26.4. The lowest BCUT2D eigenvalue weighted by atomic mass is 10.0. The summed E-state index contributed by atoms with van der Waals surface area (Å²) in [5.41, 5.74) is 6.77. The maximum Gasteiger partial charge on any atom is 0.248 e. The number of amides is 2. The van der Waals surface area contributed by atoms with Crippen LogP contribution in [0.2, 0.25) is 0 Å². The fourth-order valence-electron chi connectivity index (χ4n) is 4.63. The molecule has 4 rings (SSSR count). The molecule has 2 heterocycles. The van der Waals surface area contributed by atoms with Crippen LogP contribution in [-0.2, 0) is 20.8 Å². The molecule has 4 N–H and O–H groups in total. The van der Waals surface area contributed by atoms with Crippen molar-refractivity contribution in [3.8, 4) is 0 Å². The number of rotatable bonds is 10. The molecule has 2 aromatic carbocycles. The molecule has 0 saturated carbocycles. The minimum absolute atomic E-state index is 0.0189. The highest BCUT2D eigenvalue weighted by molar-refractivity contribution is 5.98. The van der Waals surface area contributed by atoms with Gasteiger partial charge < -0.3 is 30.6 Å². The van der Waals surface area contributed by atoms with Gasteiger partial charge in [0.05, 0.1) is 17.9 Å². The monoisotopic (exact) mass is 502 g/mol. The summed E-state index contributed by atoms with van der Waals surface area (Å²) in [7, 11) is 0. The lowest BCUT2D eigenvalue weighted by molar-refractivity contribution is -0.129. The Balaban J connectivity index is 1.49. The number of aldehydes is 1. The maximum absolute atomic E-state index is 13.2. The summed E-state index contributed by atoms with van der Waals surface area (Å²) in [6.07, 6.45) is 6.30. The van der Waals surface area contributed by atoms with E-state index < -0.39 is 29.4 Å². The van der Waals surface area contributed by atoms with Crippen LogP contribution in [0.3, 0.4) is 0 Å². The quantitative estimate of drug-likeness (QED) is 0.367. The molecule has 1 aromatic heterocycles. The van der Waals surface area contributed by atoms with Crippen molar-refractivity contribution >= 4 is 29.6 Å². The fraction of sp³-hybridized carbons (Fsp3) is 0.357. The number of para-hydroxylation sites is 1. The molecule has 9 heteroatoms. The van der Waals surface area contributed by atoms with Crippen LogP contribution < -0.4 is 21.3 Å². The Labute approximate surface area is 217 Å². The fourth-order valence-corrected chi connectivity index (χ4v) is 4.63. The van der Waals surface area contributed by atoms with E-state index in [2.05, 4.69) is 20.5 Å². The van der Waals surface area contributed by atoms with Crippen LogP contribution in [0, 0.1) is 0 Å². The normalized spacial score (nSPS) is 17.2. The number of hydrogen-bond donors (Lipinski definition) is 3. The number of nitrogens with zero attached hydrogens (tertiary/aromatic N) is 3. The Morgan fingerprint density at radius 1 is 1.14 bits per heavy atom. The predicted octanol–water partition coefficient (Wildman–Crippen LogP) is 2.70. The number of hydrogen-bond acceptors (Lipinski definition) is 6. The van der Waals surface area contributed by atoms with Gasteiger partial charge in [0.25, 0.3) is 0 Å². The SMILES string of the molecule is CC(C)(N)C(=O)N[C@H](Cc1ccccc1)C(=O)Nc1cn(C(C=O)C2CCCN2c2ccccc2)cn1. The molecule has 1 saturated heterocycles. The van der Waals surface area contributed by atoms with Crippen LogP contribution in [-0.4, -0.2) is 51.8 Å². The van der Waals surface area contributed by atoms with Crippen molar-refractivity contribution in [1.29, 1.82) is 0 Å². The van der Waals surface area contributed by atoms with Gasteiger partial charge in [-0.15, -0.1) is 0 Å². The second-order valence-corrected chi connectivity index (χ2v) is 10.00. The first-order chi connectivity index (χ1) is 17.8. The smallest absolute Gasteiger partial charge is 0.248 e. The average molecular weight is 503 g/mol. The molecular weight excluding hydrogens is 468 g/mol. The molecule has 2 unspecified atom stereocenters. The molecule has 1 aliphatic rings. The number of benzene rings is 2. The third kappa shape index (κ3) is 6.42.